The van der Waals surface area contributed by atoms with E-state index in [1.165, 1.54) is 0 Å². The normalized spacial score (nSPS) is 12.5. The lowest BCUT2D eigenvalue weighted by molar-refractivity contribution is 0.475. The molecule has 4 aromatic heterocycles. The van der Waals surface area contributed by atoms with Gasteiger partial charge in [-0.25, -0.2) is 19.9 Å². The smallest absolute Gasteiger partial charge is 0.134 e. The second-order valence-electron chi connectivity index (χ2n) is 14.1. The second kappa shape index (κ2) is 11.1. The van der Waals surface area contributed by atoms with Crippen LogP contribution in [0.5, 0.6) is 0 Å². The maximum atomic E-state index is 5.14. The van der Waals surface area contributed by atoms with Crippen LogP contribution in [0.2, 0.25) is 0 Å². The van der Waals surface area contributed by atoms with Gasteiger partial charge in [0.15, 0.2) is 0 Å². The van der Waals surface area contributed by atoms with Crippen LogP contribution in [-0.4, -0.2) is 29.1 Å². The molecule has 0 saturated heterocycles. The molecule has 8 aromatic rings. The standard InChI is InChI=1S/C42H40N6/c1-7-41(3,4)39-43-25-35-37(45-39)31-19-9-11-21-33(31)47(35)29-17-13-15-27(23-29)28-16-14-18-30(24-28)48-34-22-12-10-20-32(34)38-36(48)26-44-40(46-38)42(5,6)8-2/h9-26H,7-8H2,1-6H3. The number of aromatic nitrogens is 6. The van der Waals surface area contributed by atoms with Crippen molar-refractivity contribution in [1.29, 1.82) is 0 Å². The lowest BCUT2D eigenvalue weighted by Crippen LogP contribution is -2.19. The summed E-state index contributed by atoms with van der Waals surface area (Å²) in [6.07, 6.45) is 5.94. The van der Waals surface area contributed by atoms with Gasteiger partial charge in [0.05, 0.1) is 34.5 Å². The zero-order chi connectivity index (χ0) is 33.2. The summed E-state index contributed by atoms with van der Waals surface area (Å²) in [6.45, 7) is 13.2. The molecule has 0 saturated carbocycles. The molecule has 8 rings (SSSR count). The number of fused-ring (bicyclic) bond motifs is 6. The van der Waals surface area contributed by atoms with Gasteiger partial charge in [-0.2, -0.15) is 0 Å². The van der Waals surface area contributed by atoms with Crippen molar-refractivity contribution in [3.63, 3.8) is 0 Å². The number of rotatable bonds is 7. The van der Waals surface area contributed by atoms with Crippen molar-refractivity contribution < 1.29 is 0 Å². The van der Waals surface area contributed by atoms with E-state index in [4.69, 9.17) is 19.9 Å². The summed E-state index contributed by atoms with van der Waals surface area (Å²) in [5.41, 5.74) is 10.5. The molecule has 48 heavy (non-hydrogen) atoms. The predicted molar refractivity (Wildman–Crippen MR) is 198 cm³/mol. The number of hydrogen-bond acceptors (Lipinski definition) is 4. The fourth-order valence-electron chi connectivity index (χ4n) is 6.65. The summed E-state index contributed by atoms with van der Waals surface area (Å²) in [4.78, 5) is 20.0. The molecule has 0 fully saturated rings. The van der Waals surface area contributed by atoms with Crippen LogP contribution in [0.15, 0.2) is 109 Å². The third kappa shape index (κ3) is 4.69. The highest BCUT2D eigenvalue weighted by Gasteiger charge is 2.25. The van der Waals surface area contributed by atoms with Crippen LogP contribution in [0.3, 0.4) is 0 Å². The Morgan fingerprint density at radius 1 is 0.500 bits per heavy atom. The monoisotopic (exact) mass is 628 g/mol. The number of nitrogens with zero attached hydrogens (tertiary/aromatic N) is 6. The highest BCUT2D eigenvalue weighted by Crippen LogP contribution is 2.36. The van der Waals surface area contributed by atoms with Crippen molar-refractivity contribution in [2.24, 2.45) is 0 Å². The molecule has 0 amide bonds. The van der Waals surface area contributed by atoms with Crippen molar-refractivity contribution in [2.45, 2.75) is 65.2 Å². The first-order valence-corrected chi connectivity index (χ1v) is 16.9. The molecular weight excluding hydrogens is 589 g/mol. The third-order valence-electron chi connectivity index (χ3n) is 10.3. The van der Waals surface area contributed by atoms with Gasteiger partial charge in [0, 0.05) is 33.0 Å². The largest absolute Gasteiger partial charge is 0.306 e. The van der Waals surface area contributed by atoms with Gasteiger partial charge >= 0.3 is 0 Å². The van der Waals surface area contributed by atoms with Gasteiger partial charge in [-0.15, -0.1) is 0 Å². The Labute approximate surface area is 281 Å². The van der Waals surface area contributed by atoms with Crippen LogP contribution >= 0.6 is 0 Å². The zero-order valence-corrected chi connectivity index (χ0v) is 28.5. The van der Waals surface area contributed by atoms with Crippen LogP contribution in [0.25, 0.3) is 66.4 Å². The summed E-state index contributed by atoms with van der Waals surface area (Å²) in [5, 5.41) is 2.27. The van der Waals surface area contributed by atoms with E-state index < -0.39 is 0 Å². The molecule has 0 N–H and O–H groups in total. The summed E-state index contributed by atoms with van der Waals surface area (Å²) < 4.78 is 4.58. The van der Waals surface area contributed by atoms with Gasteiger partial charge in [0.2, 0.25) is 0 Å². The molecular formula is C42H40N6. The van der Waals surface area contributed by atoms with Crippen LogP contribution in [0.4, 0.5) is 0 Å². The Hall–Kier alpha value is -5.36. The topological polar surface area (TPSA) is 61.4 Å². The quantitative estimate of drug-likeness (QED) is 0.176. The van der Waals surface area contributed by atoms with Crippen LogP contribution in [-0.2, 0) is 10.8 Å². The zero-order valence-electron chi connectivity index (χ0n) is 28.5. The first kappa shape index (κ1) is 30.0. The molecule has 0 unspecified atom stereocenters. The van der Waals surface area contributed by atoms with E-state index in [9.17, 15) is 0 Å². The SMILES string of the molecule is CCC(C)(C)c1ncc2c(n1)c1ccccc1n2-c1cccc(-c2cccc(-n3c4ccccc4c4nc(C(C)(C)CC)ncc43)c2)c1. The van der Waals surface area contributed by atoms with Crippen molar-refractivity contribution in [3.8, 4) is 22.5 Å². The lowest BCUT2D eigenvalue weighted by Gasteiger charge is -2.20. The first-order chi connectivity index (χ1) is 23.2. The van der Waals surface area contributed by atoms with Gasteiger partial charge in [0.1, 0.15) is 22.7 Å². The van der Waals surface area contributed by atoms with Gasteiger partial charge in [-0.3, -0.25) is 0 Å². The van der Waals surface area contributed by atoms with Crippen molar-refractivity contribution in [2.75, 3.05) is 0 Å². The molecule has 6 nitrogen and oxygen atoms in total. The predicted octanol–water partition coefficient (Wildman–Crippen LogP) is 10.5. The highest BCUT2D eigenvalue weighted by molar-refractivity contribution is 6.08. The number of para-hydroxylation sites is 2. The fraction of sp³-hybridized carbons (Fsp3) is 0.238. The number of benzene rings is 4. The fourth-order valence-corrected chi connectivity index (χ4v) is 6.65. The van der Waals surface area contributed by atoms with Gasteiger partial charge in [-0.1, -0.05) is 102 Å². The average molecular weight is 629 g/mol. The molecule has 0 bridgehead atoms. The molecule has 238 valence electrons. The van der Waals surface area contributed by atoms with Crippen molar-refractivity contribution in [1.82, 2.24) is 29.1 Å². The lowest BCUT2D eigenvalue weighted by atomic mass is 9.89. The summed E-state index contributed by atoms with van der Waals surface area (Å²) in [6, 6.07) is 34.6. The van der Waals surface area contributed by atoms with Crippen LogP contribution < -0.4 is 0 Å². The Morgan fingerprint density at radius 2 is 0.917 bits per heavy atom. The molecule has 0 aliphatic rings. The Morgan fingerprint density at radius 3 is 1.33 bits per heavy atom. The minimum Gasteiger partial charge on any atom is -0.306 e. The Balaban J connectivity index is 1.27. The highest BCUT2D eigenvalue weighted by atomic mass is 15.0. The third-order valence-corrected chi connectivity index (χ3v) is 10.3. The summed E-state index contributed by atoms with van der Waals surface area (Å²) >= 11 is 0. The molecule has 0 radical (unpaired) electrons. The van der Waals surface area contributed by atoms with Crippen molar-refractivity contribution >= 4 is 43.9 Å². The van der Waals surface area contributed by atoms with Crippen molar-refractivity contribution in [3.05, 3.63) is 121 Å². The van der Waals surface area contributed by atoms with Gasteiger partial charge < -0.3 is 9.13 Å². The number of hydrogen-bond donors (Lipinski definition) is 0. The van der Waals surface area contributed by atoms with E-state index in [0.717, 1.165) is 90.9 Å². The molecule has 4 heterocycles. The minimum atomic E-state index is -0.0980. The van der Waals surface area contributed by atoms with Gasteiger partial charge in [0.25, 0.3) is 0 Å². The van der Waals surface area contributed by atoms with E-state index in [1.807, 2.05) is 12.4 Å². The van der Waals surface area contributed by atoms with Crippen LogP contribution in [0, 0.1) is 0 Å². The molecule has 0 aliphatic heterocycles. The van der Waals surface area contributed by atoms with Crippen LogP contribution in [0.1, 0.15) is 66.0 Å². The second-order valence-corrected chi connectivity index (χ2v) is 14.1. The molecule has 4 aromatic carbocycles. The Kier molecular flexibility index (Phi) is 6.95. The van der Waals surface area contributed by atoms with E-state index in [2.05, 4.69) is 148 Å². The Bertz CT molecular complexity index is 2320. The van der Waals surface area contributed by atoms with Gasteiger partial charge in [-0.05, 0) is 60.4 Å². The van der Waals surface area contributed by atoms with E-state index in [0.29, 0.717) is 0 Å². The molecule has 0 atom stereocenters. The summed E-state index contributed by atoms with van der Waals surface area (Å²) in [7, 11) is 0. The maximum absolute atomic E-state index is 5.14. The van der Waals surface area contributed by atoms with E-state index >= 15 is 0 Å². The summed E-state index contributed by atoms with van der Waals surface area (Å²) in [5.74, 6) is 1.76. The van der Waals surface area contributed by atoms with E-state index in [1.54, 1.807) is 0 Å². The molecule has 6 heteroatoms. The minimum absolute atomic E-state index is 0.0980. The molecule has 0 aliphatic carbocycles. The van der Waals surface area contributed by atoms with E-state index in [-0.39, 0.29) is 10.8 Å². The maximum Gasteiger partial charge on any atom is 0.134 e. The molecule has 0 spiro atoms. The first-order valence-electron chi connectivity index (χ1n) is 16.9. The average Bonchev–Trinajstić information content (AvgIpc) is 3.64.